The predicted octanol–water partition coefficient (Wildman–Crippen LogP) is 2.06. The van der Waals surface area contributed by atoms with Crippen LogP contribution < -0.4 is 5.32 Å². The van der Waals surface area contributed by atoms with Crippen LogP contribution in [0.4, 0.5) is 0 Å². The summed E-state index contributed by atoms with van der Waals surface area (Å²) in [7, 11) is 0. The number of hydrogen-bond donors (Lipinski definition) is 2. The van der Waals surface area contributed by atoms with Gasteiger partial charge in [0.05, 0.1) is 17.0 Å². The minimum Gasteiger partial charge on any atom is -0.395 e. The van der Waals surface area contributed by atoms with Crippen molar-refractivity contribution in [2.45, 2.75) is 11.7 Å². The zero-order chi connectivity index (χ0) is 14.2. The van der Waals surface area contributed by atoms with Crippen LogP contribution in [0.3, 0.4) is 0 Å². The lowest BCUT2D eigenvalue weighted by Crippen LogP contribution is -2.33. The Kier molecular flexibility index (Phi) is 6.80. The van der Waals surface area contributed by atoms with Gasteiger partial charge in [-0.15, -0.1) is 11.3 Å². The highest BCUT2D eigenvalue weighted by Crippen LogP contribution is 2.23. The van der Waals surface area contributed by atoms with Gasteiger partial charge in [-0.1, -0.05) is 11.8 Å². The first-order valence-electron chi connectivity index (χ1n) is 6.45. The van der Waals surface area contributed by atoms with Crippen molar-refractivity contribution in [1.29, 1.82) is 0 Å². The van der Waals surface area contributed by atoms with Gasteiger partial charge in [0.15, 0.2) is 0 Å². The molecular formula is C14H17NO2S3. The molecule has 108 valence electrons. The largest absolute Gasteiger partial charge is 0.395 e. The number of carbonyl (C=O) groups is 1. The second-order valence-electron chi connectivity index (χ2n) is 4.25. The highest BCUT2D eigenvalue weighted by Gasteiger charge is 2.16. The molecule has 1 aliphatic rings. The van der Waals surface area contributed by atoms with Crippen molar-refractivity contribution < 1.29 is 9.90 Å². The van der Waals surface area contributed by atoms with E-state index in [0.717, 1.165) is 17.2 Å². The third-order valence-electron chi connectivity index (χ3n) is 2.69. The molecule has 2 rings (SSSR count). The van der Waals surface area contributed by atoms with Crippen molar-refractivity contribution in [3.63, 3.8) is 0 Å². The molecule has 1 aromatic rings. The van der Waals surface area contributed by atoms with Crippen LogP contribution in [0.5, 0.6) is 0 Å². The normalized spacial score (nSPS) is 18.1. The Hall–Kier alpha value is -0.610. The summed E-state index contributed by atoms with van der Waals surface area (Å²) in [5.41, 5.74) is 0.678. The van der Waals surface area contributed by atoms with E-state index in [1.165, 1.54) is 22.8 Å². The topological polar surface area (TPSA) is 49.3 Å². The zero-order valence-corrected chi connectivity index (χ0v) is 13.5. The Morgan fingerprint density at radius 1 is 1.50 bits per heavy atom. The van der Waals surface area contributed by atoms with Gasteiger partial charge < -0.3 is 10.4 Å². The van der Waals surface area contributed by atoms with Gasteiger partial charge >= 0.3 is 0 Å². The molecule has 0 spiro atoms. The molecule has 1 aliphatic heterocycles. The molecule has 2 heterocycles. The number of rotatable bonds is 4. The van der Waals surface area contributed by atoms with Crippen molar-refractivity contribution in [1.82, 2.24) is 5.32 Å². The van der Waals surface area contributed by atoms with E-state index >= 15 is 0 Å². The fourth-order valence-electron chi connectivity index (χ4n) is 1.69. The summed E-state index contributed by atoms with van der Waals surface area (Å²) in [6.07, 6.45) is 0.468. The summed E-state index contributed by atoms with van der Waals surface area (Å²) in [6.45, 7) is 0.806. The Bertz CT molecular complexity index is 498. The van der Waals surface area contributed by atoms with Crippen LogP contribution in [0.25, 0.3) is 0 Å². The molecule has 1 amide bonds. The van der Waals surface area contributed by atoms with Crippen molar-refractivity contribution in [2.24, 2.45) is 0 Å². The SMILES string of the molecule is O=C(NCC1CSCCS1)c1csc(C#CCCO)c1. The highest BCUT2D eigenvalue weighted by molar-refractivity contribution is 8.06. The molecular weight excluding hydrogens is 310 g/mol. The van der Waals surface area contributed by atoms with Gasteiger partial charge in [0.2, 0.25) is 0 Å². The van der Waals surface area contributed by atoms with Gasteiger partial charge in [-0.05, 0) is 6.07 Å². The quantitative estimate of drug-likeness (QED) is 0.831. The molecule has 0 saturated carbocycles. The molecule has 20 heavy (non-hydrogen) atoms. The number of thiophene rings is 1. The van der Waals surface area contributed by atoms with Crippen molar-refractivity contribution in [2.75, 3.05) is 30.4 Å². The summed E-state index contributed by atoms with van der Waals surface area (Å²) in [5.74, 6) is 9.30. The summed E-state index contributed by atoms with van der Waals surface area (Å²) in [6, 6.07) is 1.81. The van der Waals surface area contributed by atoms with E-state index < -0.39 is 0 Å². The highest BCUT2D eigenvalue weighted by atomic mass is 32.2. The van der Waals surface area contributed by atoms with E-state index in [9.17, 15) is 4.79 Å². The van der Waals surface area contributed by atoms with Gasteiger partial charge in [0.1, 0.15) is 0 Å². The average Bonchev–Trinajstić information content (AvgIpc) is 2.95. The Morgan fingerprint density at radius 2 is 2.40 bits per heavy atom. The third-order valence-corrected chi connectivity index (χ3v) is 6.38. The van der Waals surface area contributed by atoms with E-state index in [4.69, 9.17) is 5.11 Å². The molecule has 1 saturated heterocycles. The number of carbonyl (C=O) groups excluding carboxylic acids is 1. The number of amides is 1. The lowest BCUT2D eigenvalue weighted by Gasteiger charge is -2.20. The van der Waals surface area contributed by atoms with Crippen molar-refractivity contribution >= 4 is 40.8 Å². The molecule has 0 bridgehead atoms. The van der Waals surface area contributed by atoms with Gasteiger partial charge in [-0.3, -0.25) is 4.79 Å². The molecule has 1 unspecified atom stereocenters. The Balaban J connectivity index is 1.81. The van der Waals surface area contributed by atoms with Gasteiger partial charge in [0.25, 0.3) is 5.91 Å². The second kappa shape index (κ2) is 8.63. The van der Waals surface area contributed by atoms with E-state index in [1.54, 1.807) is 0 Å². The van der Waals surface area contributed by atoms with Gasteiger partial charge in [-0.25, -0.2) is 0 Å². The van der Waals surface area contributed by atoms with Gasteiger partial charge in [0, 0.05) is 40.9 Å². The van der Waals surface area contributed by atoms with Crippen LogP contribution in [-0.4, -0.2) is 46.7 Å². The van der Waals surface area contributed by atoms with Crippen LogP contribution in [-0.2, 0) is 0 Å². The molecule has 0 radical (unpaired) electrons. The van der Waals surface area contributed by atoms with Gasteiger partial charge in [-0.2, -0.15) is 23.5 Å². The van der Waals surface area contributed by atoms with E-state index in [1.807, 2.05) is 35.0 Å². The number of nitrogens with one attached hydrogen (secondary N) is 1. The zero-order valence-electron chi connectivity index (χ0n) is 11.1. The Morgan fingerprint density at radius 3 is 3.15 bits per heavy atom. The first-order valence-corrected chi connectivity index (χ1v) is 9.53. The number of aliphatic hydroxyl groups is 1. The van der Waals surface area contributed by atoms with Crippen LogP contribution in [0.1, 0.15) is 21.7 Å². The van der Waals surface area contributed by atoms with Crippen LogP contribution >= 0.6 is 34.9 Å². The number of hydrogen-bond acceptors (Lipinski definition) is 5. The molecule has 1 fully saturated rings. The molecule has 0 aliphatic carbocycles. The standard InChI is InChI=1S/C14H17NO2S3/c16-4-2-1-3-12-7-11(9-20-12)14(17)15-8-13-10-18-5-6-19-13/h7,9,13,16H,2,4-6,8,10H2,(H,15,17). The van der Waals surface area contributed by atoms with E-state index in [-0.39, 0.29) is 12.5 Å². The van der Waals surface area contributed by atoms with E-state index in [0.29, 0.717) is 17.2 Å². The first kappa shape index (κ1) is 15.8. The fourth-order valence-corrected chi connectivity index (χ4v) is 5.06. The van der Waals surface area contributed by atoms with Crippen LogP contribution in [0.2, 0.25) is 0 Å². The summed E-state index contributed by atoms with van der Waals surface area (Å²) in [4.78, 5) is 12.9. The lowest BCUT2D eigenvalue weighted by molar-refractivity contribution is 0.0954. The summed E-state index contributed by atoms with van der Waals surface area (Å²) < 4.78 is 0. The van der Waals surface area contributed by atoms with Crippen LogP contribution in [0.15, 0.2) is 11.4 Å². The van der Waals surface area contributed by atoms with Crippen LogP contribution in [0, 0.1) is 11.8 Å². The number of aliphatic hydroxyl groups excluding tert-OH is 1. The molecule has 3 nitrogen and oxygen atoms in total. The minimum absolute atomic E-state index is 0.0207. The molecule has 1 aromatic heterocycles. The molecule has 2 N–H and O–H groups in total. The Labute approximate surface area is 131 Å². The number of thioether (sulfide) groups is 2. The smallest absolute Gasteiger partial charge is 0.252 e. The maximum absolute atomic E-state index is 12.0. The molecule has 1 atom stereocenters. The fraction of sp³-hybridized carbons (Fsp3) is 0.500. The first-order chi connectivity index (χ1) is 9.79. The third kappa shape index (κ3) is 5.06. The average molecular weight is 327 g/mol. The maximum atomic E-state index is 12.0. The summed E-state index contributed by atoms with van der Waals surface area (Å²) in [5, 5.41) is 14.0. The predicted molar refractivity (Wildman–Crippen MR) is 88.8 cm³/mol. The summed E-state index contributed by atoms with van der Waals surface area (Å²) >= 11 is 5.36. The minimum atomic E-state index is -0.0207. The lowest BCUT2D eigenvalue weighted by atomic mass is 10.3. The second-order valence-corrected chi connectivity index (χ2v) is 7.72. The maximum Gasteiger partial charge on any atom is 0.252 e. The van der Waals surface area contributed by atoms with Crippen molar-refractivity contribution in [3.8, 4) is 11.8 Å². The molecule has 0 aromatic carbocycles. The van der Waals surface area contributed by atoms with E-state index in [2.05, 4.69) is 17.2 Å². The monoisotopic (exact) mass is 327 g/mol. The van der Waals surface area contributed by atoms with Crippen molar-refractivity contribution in [3.05, 3.63) is 21.9 Å². The molecule has 6 heteroatoms.